The van der Waals surface area contributed by atoms with E-state index in [1.165, 1.54) is 13.8 Å². The molecule has 0 saturated carbocycles. The molecular weight excluding hydrogens is 412 g/mol. The molecule has 0 heterocycles. The maximum atomic E-state index is 11.3. The Hall–Kier alpha value is -2.69. The SMILES string of the molecule is CC(=O)C[C@@H](CO)NC(=O)OC(C)(C)C.CC(=O)C[C@H](NC(=O)OC(C)(C)C)C(=O)O. The monoisotopic (exact) mass is 448 g/mol. The highest BCUT2D eigenvalue weighted by molar-refractivity contribution is 5.87. The fraction of sp³-hybridized carbons (Fsp3) is 0.750. The van der Waals surface area contributed by atoms with Gasteiger partial charge in [-0.2, -0.15) is 0 Å². The molecule has 31 heavy (non-hydrogen) atoms. The zero-order chi connectivity index (χ0) is 25.0. The molecule has 0 spiro atoms. The van der Waals surface area contributed by atoms with E-state index in [0.717, 1.165) is 0 Å². The third-order valence-electron chi connectivity index (χ3n) is 2.96. The summed E-state index contributed by atoms with van der Waals surface area (Å²) in [5.41, 5.74) is -1.29. The van der Waals surface area contributed by atoms with E-state index >= 15 is 0 Å². The molecule has 0 unspecified atom stereocenters. The van der Waals surface area contributed by atoms with Gasteiger partial charge in [0.25, 0.3) is 0 Å². The number of aliphatic hydroxyl groups excluding tert-OH is 1. The maximum Gasteiger partial charge on any atom is 0.408 e. The van der Waals surface area contributed by atoms with E-state index in [9.17, 15) is 24.0 Å². The second kappa shape index (κ2) is 13.6. The van der Waals surface area contributed by atoms with Crippen LogP contribution in [0.3, 0.4) is 0 Å². The van der Waals surface area contributed by atoms with Gasteiger partial charge in [0.15, 0.2) is 0 Å². The Kier molecular flexibility index (Phi) is 13.4. The molecule has 0 aliphatic rings. The first-order valence-electron chi connectivity index (χ1n) is 9.67. The van der Waals surface area contributed by atoms with Crippen molar-refractivity contribution in [1.82, 2.24) is 10.6 Å². The number of nitrogens with one attached hydrogen (secondary N) is 2. The van der Waals surface area contributed by atoms with Crippen LogP contribution in [0, 0.1) is 0 Å². The van der Waals surface area contributed by atoms with Crippen molar-refractivity contribution >= 4 is 29.7 Å². The summed E-state index contributed by atoms with van der Waals surface area (Å²) in [6, 6.07) is -1.82. The van der Waals surface area contributed by atoms with Crippen molar-refractivity contribution in [1.29, 1.82) is 0 Å². The number of aliphatic carboxylic acids is 1. The van der Waals surface area contributed by atoms with Crippen LogP contribution >= 0.6 is 0 Å². The lowest BCUT2D eigenvalue weighted by Crippen LogP contribution is -2.44. The molecule has 0 fully saturated rings. The Labute approximate surface area is 182 Å². The van der Waals surface area contributed by atoms with Crippen LogP contribution in [-0.4, -0.2) is 69.8 Å². The Balaban J connectivity index is 0. The number of hydrogen-bond donors (Lipinski definition) is 4. The molecular formula is C20H36N2O9. The van der Waals surface area contributed by atoms with E-state index in [-0.39, 0.29) is 31.0 Å². The molecule has 11 nitrogen and oxygen atoms in total. The minimum atomic E-state index is -1.26. The van der Waals surface area contributed by atoms with Crippen LogP contribution in [0.4, 0.5) is 9.59 Å². The second-order valence-corrected chi connectivity index (χ2v) is 8.88. The number of hydrogen-bond acceptors (Lipinski definition) is 8. The number of carboxylic acids is 1. The lowest BCUT2D eigenvalue weighted by molar-refractivity contribution is -0.141. The van der Waals surface area contributed by atoms with Gasteiger partial charge in [0.1, 0.15) is 28.8 Å². The molecule has 0 saturated heterocycles. The zero-order valence-electron chi connectivity index (χ0n) is 19.5. The van der Waals surface area contributed by atoms with E-state index in [1.807, 2.05) is 0 Å². The lowest BCUT2D eigenvalue weighted by atomic mass is 10.1. The molecule has 0 aliphatic heterocycles. The van der Waals surface area contributed by atoms with E-state index in [2.05, 4.69) is 10.6 Å². The zero-order valence-corrected chi connectivity index (χ0v) is 19.5. The van der Waals surface area contributed by atoms with Crippen molar-refractivity contribution in [3.63, 3.8) is 0 Å². The molecule has 4 N–H and O–H groups in total. The number of amides is 2. The Morgan fingerprint density at radius 3 is 1.45 bits per heavy atom. The van der Waals surface area contributed by atoms with E-state index < -0.39 is 41.4 Å². The van der Waals surface area contributed by atoms with Crippen LogP contribution in [0.5, 0.6) is 0 Å². The first kappa shape index (κ1) is 30.5. The predicted molar refractivity (Wildman–Crippen MR) is 112 cm³/mol. The quantitative estimate of drug-likeness (QED) is 0.432. The molecule has 0 aliphatic carbocycles. The number of alkyl carbamates (subject to hydrolysis) is 2. The van der Waals surface area contributed by atoms with Gasteiger partial charge in [-0.25, -0.2) is 14.4 Å². The summed E-state index contributed by atoms with van der Waals surface area (Å²) in [6.07, 6.45) is -1.62. The van der Waals surface area contributed by atoms with E-state index in [1.54, 1.807) is 41.5 Å². The summed E-state index contributed by atoms with van der Waals surface area (Å²) in [5.74, 6) is -1.67. The first-order valence-corrected chi connectivity index (χ1v) is 9.67. The summed E-state index contributed by atoms with van der Waals surface area (Å²) >= 11 is 0. The van der Waals surface area contributed by atoms with Gasteiger partial charge in [-0.1, -0.05) is 0 Å². The topological polar surface area (TPSA) is 168 Å². The molecule has 0 radical (unpaired) electrons. The van der Waals surface area contributed by atoms with Crippen LogP contribution in [0.1, 0.15) is 68.2 Å². The average Bonchev–Trinajstić information content (AvgIpc) is 2.49. The molecule has 180 valence electrons. The molecule has 11 heteroatoms. The van der Waals surface area contributed by atoms with Gasteiger partial charge in [-0.05, 0) is 55.4 Å². The van der Waals surface area contributed by atoms with Gasteiger partial charge >= 0.3 is 18.2 Å². The predicted octanol–water partition coefficient (Wildman–Crippen LogP) is 1.79. The molecule has 0 bridgehead atoms. The third-order valence-corrected chi connectivity index (χ3v) is 2.96. The van der Waals surface area contributed by atoms with Crippen molar-refractivity contribution in [3.05, 3.63) is 0 Å². The smallest absolute Gasteiger partial charge is 0.408 e. The van der Waals surface area contributed by atoms with Gasteiger partial charge < -0.3 is 30.3 Å². The summed E-state index contributed by atoms with van der Waals surface area (Å²) in [7, 11) is 0. The van der Waals surface area contributed by atoms with Crippen LogP contribution in [-0.2, 0) is 23.9 Å². The molecule has 0 aromatic carbocycles. The van der Waals surface area contributed by atoms with Crippen LogP contribution in [0.2, 0.25) is 0 Å². The number of ether oxygens (including phenoxy) is 2. The normalized spacial score (nSPS) is 12.9. The van der Waals surface area contributed by atoms with Gasteiger partial charge in [-0.15, -0.1) is 0 Å². The maximum absolute atomic E-state index is 11.3. The Morgan fingerprint density at radius 1 is 0.774 bits per heavy atom. The number of carbonyl (C=O) groups excluding carboxylic acids is 4. The fourth-order valence-electron chi connectivity index (χ4n) is 1.92. The number of rotatable bonds is 8. The summed E-state index contributed by atoms with van der Waals surface area (Å²) < 4.78 is 9.85. The minimum Gasteiger partial charge on any atom is -0.480 e. The highest BCUT2D eigenvalue weighted by atomic mass is 16.6. The van der Waals surface area contributed by atoms with Gasteiger partial charge in [0.05, 0.1) is 12.6 Å². The van der Waals surface area contributed by atoms with Crippen LogP contribution in [0.25, 0.3) is 0 Å². The molecule has 2 amide bonds. The molecule has 2 atom stereocenters. The third kappa shape index (κ3) is 20.4. The summed E-state index contributed by atoms with van der Waals surface area (Å²) in [5, 5.41) is 22.2. The number of aliphatic hydroxyl groups is 1. The molecule has 0 aromatic rings. The van der Waals surface area contributed by atoms with Crippen LogP contribution < -0.4 is 10.6 Å². The van der Waals surface area contributed by atoms with E-state index in [0.29, 0.717) is 0 Å². The highest BCUT2D eigenvalue weighted by Crippen LogP contribution is 2.08. The highest BCUT2D eigenvalue weighted by Gasteiger charge is 2.25. The number of Topliss-reactive ketones (excluding diaryl/α,β-unsaturated/α-hetero) is 2. The Morgan fingerprint density at radius 2 is 1.16 bits per heavy atom. The van der Waals surface area contributed by atoms with Gasteiger partial charge in [0, 0.05) is 12.8 Å². The van der Waals surface area contributed by atoms with Crippen molar-refractivity contribution in [2.75, 3.05) is 6.61 Å². The first-order chi connectivity index (χ1) is 13.9. The lowest BCUT2D eigenvalue weighted by Gasteiger charge is -2.22. The Bertz CT molecular complexity index is 634. The number of carbonyl (C=O) groups is 5. The minimum absolute atomic E-state index is 0.0925. The average molecular weight is 449 g/mol. The van der Waals surface area contributed by atoms with Crippen molar-refractivity contribution in [2.24, 2.45) is 0 Å². The standard InChI is InChI=1S/C10H17NO5.C10H19NO4/c1-6(12)5-7(8(13)14)11-9(15)16-10(2,3)4;1-7(13)5-8(6-12)11-9(14)15-10(2,3)4/h7H,5H2,1-4H3,(H,11,15)(H,13,14);8,12H,5-6H2,1-4H3,(H,11,14)/t7-;8-/m00/s1. The van der Waals surface area contributed by atoms with Crippen LogP contribution in [0.15, 0.2) is 0 Å². The molecule has 0 aromatic heterocycles. The van der Waals surface area contributed by atoms with Gasteiger partial charge in [-0.3, -0.25) is 9.59 Å². The number of carboxylic acid groups (broad SMARTS) is 1. The summed E-state index contributed by atoms with van der Waals surface area (Å²) in [6.45, 7) is 12.6. The molecule has 0 rings (SSSR count). The number of ketones is 2. The summed E-state index contributed by atoms with van der Waals surface area (Å²) in [4.78, 5) is 54.8. The van der Waals surface area contributed by atoms with Crippen molar-refractivity contribution in [2.45, 2.75) is 91.5 Å². The van der Waals surface area contributed by atoms with E-state index in [4.69, 9.17) is 19.7 Å². The fourth-order valence-corrected chi connectivity index (χ4v) is 1.92. The second-order valence-electron chi connectivity index (χ2n) is 8.88. The van der Waals surface area contributed by atoms with Crippen molar-refractivity contribution < 1.29 is 43.7 Å². The van der Waals surface area contributed by atoms with Crippen molar-refractivity contribution in [3.8, 4) is 0 Å². The van der Waals surface area contributed by atoms with Gasteiger partial charge in [0.2, 0.25) is 0 Å². The largest absolute Gasteiger partial charge is 0.480 e.